The van der Waals surface area contributed by atoms with E-state index < -0.39 is 32.7 Å². The SMILES string of the molecule is C[C@H](N=C1NS(=O)(=O)C(c2ccc(C3CCNCC3)cc2)C(C)(C)O1)c1ccccc1F. The highest BCUT2D eigenvalue weighted by Crippen LogP contribution is 2.39. The fourth-order valence-corrected chi connectivity index (χ4v) is 6.44. The highest BCUT2D eigenvalue weighted by molar-refractivity contribution is 7.90. The summed E-state index contributed by atoms with van der Waals surface area (Å²) in [4.78, 5) is 4.32. The van der Waals surface area contributed by atoms with Crippen LogP contribution in [0, 0.1) is 5.82 Å². The lowest BCUT2D eigenvalue weighted by atomic mass is 9.88. The number of rotatable bonds is 4. The van der Waals surface area contributed by atoms with Crippen LogP contribution in [0.1, 0.15) is 67.5 Å². The number of nitrogens with one attached hydrogen (secondary N) is 2. The molecule has 2 atom stereocenters. The molecule has 0 aliphatic carbocycles. The van der Waals surface area contributed by atoms with E-state index in [1.165, 1.54) is 11.6 Å². The quantitative estimate of drug-likeness (QED) is 0.719. The van der Waals surface area contributed by atoms with Gasteiger partial charge in [0.2, 0.25) is 10.0 Å². The number of amidine groups is 1. The van der Waals surface area contributed by atoms with Crippen molar-refractivity contribution in [2.24, 2.45) is 4.99 Å². The molecule has 0 aromatic heterocycles. The second-order valence-corrected chi connectivity index (χ2v) is 10.8. The van der Waals surface area contributed by atoms with E-state index in [-0.39, 0.29) is 6.02 Å². The molecule has 6 nitrogen and oxygen atoms in total. The lowest BCUT2D eigenvalue weighted by Crippen LogP contribution is -2.53. The molecule has 2 heterocycles. The van der Waals surface area contributed by atoms with E-state index in [2.05, 4.69) is 15.0 Å². The zero-order valence-electron chi connectivity index (χ0n) is 18.6. The average molecular weight is 460 g/mol. The summed E-state index contributed by atoms with van der Waals surface area (Å²) in [6.45, 7) is 7.17. The smallest absolute Gasteiger partial charge is 0.299 e. The van der Waals surface area contributed by atoms with Gasteiger partial charge >= 0.3 is 0 Å². The van der Waals surface area contributed by atoms with Crippen molar-refractivity contribution in [1.29, 1.82) is 0 Å². The van der Waals surface area contributed by atoms with Gasteiger partial charge in [-0.1, -0.05) is 42.5 Å². The van der Waals surface area contributed by atoms with Crippen molar-refractivity contribution >= 4 is 16.0 Å². The Balaban J connectivity index is 1.58. The van der Waals surface area contributed by atoms with E-state index in [0.717, 1.165) is 25.9 Å². The molecule has 0 amide bonds. The minimum absolute atomic E-state index is 0.117. The van der Waals surface area contributed by atoms with E-state index in [1.807, 2.05) is 24.3 Å². The summed E-state index contributed by atoms with van der Waals surface area (Å²) in [5, 5.41) is 2.46. The van der Waals surface area contributed by atoms with Gasteiger partial charge in [-0.15, -0.1) is 0 Å². The third kappa shape index (κ3) is 4.66. The van der Waals surface area contributed by atoms with Crippen LogP contribution in [0.3, 0.4) is 0 Å². The number of piperidine rings is 1. The fraction of sp³-hybridized carbons (Fsp3) is 0.458. The molecule has 0 saturated carbocycles. The Kier molecular flexibility index (Phi) is 6.27. The third-order valence-electron chi connectivity index (χ3n) is 6.25. The van der Waals surface area contributed by atoms with Crippen LogP contribution in [-0.2, 0) is 14.8 Å². The monoisotopic (exact) mass is 459 g/mol. The molecule has 2 aliphatic heterocycles. The van der Waals surface area contributed by atoms with Gasteiger partial charge in [0.05, 0.1) is 6.04 Å². The van der Waals surface area contributed by atoms with Crippen LogP contribution in [0.25, 0.3) is 0 Å². The molecule has 2 aromatic carbocycles. The predicted octanol–water partition coefficient (Wildman–Crippen LogP) is 4.18. The number of aliphatic imine (C=N–C) groups is 1. The van der Waals surface area contributed by atoms with Crippen molar-refractivity contribution in [3.63, 3.8) is 0 Å². The number of hydrogen-bond donors (Lipinski definition) is 2. The van der Waals surface area contributed by atoms with E-state index in [9.17, 15) is 12.8 Å². The fourth-order valence-electron chi connectivity index (χ4n) is 4.67. The lowest BCUT2D eigenvalue weighted by Gasteiger charge is -2.39. The van der Waals surface area contributed by atoms with Gasteiger partial charge in [0, 0.05) is 5.56 Å². The van der Waals surface area contributed by atoms with Crippen LogP contribution in [0.15, 0.2) is 53.5 Å². The number of halogens is 1. The Bertz CT molecular complexity index is 1090. The summed E-state index contributed by atoms with van der Waals surface area (Å²) >= 11 is 0. The van der Waals surface area contributed by atoms with E-state index in [0.29, 0.717) is 17.0 Å². The average Bonchev–Trinajstić information content (AvgIpc) is 2.73. The third-order valence-corrected chi connectivity index (χ3v) is 8.17. The first-order valence-electron chi connectivity index (χ1n) is 11.0. The Labute approximate surface area is 189 Å². The Morgan fingerprint density at radius 2 is 1.69 bits per heavy atom. The minimum atomic E-state index is -3.82. The highest BCUT2D eigenvalue weighted by atomic mass is 32.2. The molecular weight excluding hydrogens is 429 g/mol. The van der Waals surface area contributed by atoms with Crippen LogP contribution in [0.2, 0.25) is 0 Å². The van der Waals surface area contributed by atoms with Crippen molar-refractivity contribution in [2.75, 3.05) is 13.1 Å². The number of sulfonamides is 1. The summed E-state index contributed by atoms with van der Waals surface area (Å²) in [5.74, 6) is 0.100. The molecule has 0 bridgehead atoms. The van der Waals surface area contributed by atoms with Crippen LogP contribution < -0.4 is 10.0 Å². The van der Waals surface area contributed by atoms with Crippen LogP contribution in [0.5, 0.6) is 0 Å². The van der Waals surface area contributed by atoms with Gasteiger partial charge in [-0.25, -0.2) is 22.5 Å². The highest BCUT2D eigenvalue weighted by Gasteiger charge is 2.48. The van der Waals surface area contributed by atoms with Gasteiger partial charge in [0.1, 0.15) is 16.7 Å². The first-order chi connectivity index (χ1) is 15.2. The van der Waals surface area contributed by atoms with Crippen LogP contribution in [-0.4, -0.2) is 33.1 Å². The van der Waals surface area contributed by atoms with Gasteiger partial charge in [0.25, 0.3) is 6.02 Å². The molecule has 8 heteroatoms. The van der Waals surface area contributed by atoms with Gasteiger partial charge in [-0.05, 0) is 69.8 Å². The Morgan fingerprint density at radius 3 is 2.31 bits per heavy atom. The lowest BCUT2D eigenvalue weighted by molar-refractivity contribution is 0.0761. The summed E-state index contributed by atoms with van der Waals surface area (Å²) < 4.78 is 49.0. The van der Waals surface area contributed by atoms with Gasteiger partial charge in [-0.3, -0.25) is 0 Å². The molecule has 1 unspecified atom stereocenters. The maximum Gasteiger partial charge on any atom is 0.299 e. The topological polar surface area (TPSA) is 79.8 Å². The first kappa shape index (κ1) is 22.7. The largest absolute Gasteiger partial charge is 0.457 e. The van der Waals surface area contributed by atoms with Gasteiger partial charge in [-0.2, -0.15) is 0 Å². The second kappa shape index (κ2) is 8.83. The molecule has 172 valence electrons. The van der Waals surface area contributed by atoms with Crippen LogP contribution in [0.4, 0.5) is 4.39 Å². The van der Waals surface area contributed by atoms with E-state index in [4.69, 9.17) is 4.74 Å². The molecule has 0 spiro atoms. The van der Waals surface area contributed by atoms with Gasteiger partial charge < -0.3 is 10.1 Å². The summed E-state index contributed by atoms with van der Waals surface area (Å²) in [6.07, 6.45) is 2.16. The zero-order chi connectivity index (χ0) is 22.9. The standard InChI is InChI=1S/C24H30FN3O3S/c1-16(20-6-4-5-7-21(20)25)27-23-28-32(29,30)22(24(2,3)31-23)19-10-8-17(9-11-19)18-12-14-26-15-13-18/h4-11,16,18,22,26H,12-15H2,1-3H3,(H,27,28)/t16-,22?/m0/s1. The van der Waals surface area contributed by atoms with Gasteiger partial charge in [0.15, 0.2) is 0 Å². The molecule has 2 N–H and O–H groups in total. The maximum atomic E-state index is 14.1. The molecule has 32 heavy (non-hydrogen) atoms. The van der Waals surface area contributed by atoms with Crippen molar-refractivity contribution in [3.8, 4) is 0 Å². The normalized spacial score (nSPS) is 25.0. The number of hydrogen-bond acceptors (Lipinski definition) is 5. The summed E-state index contributed by atoms with van der Waals surface area (Å²) in [7, 11) is -3.82. The van der Waals surface area contributed by atoms with Crippen molar-refractivity contribution < 1.29 is 17.5 Å². The Morgan fingerprint density at radius 1 is 1.06 bits per heavy atom. The maximum absolute atomic E-state index is 14.1. The second-order valence-electron chi connectivity index (χ2n) is 9.06. The first-order valence-corrected chi connectivity index (χ1v) is 12.6. The number of benzene rings is 2. The van der Waals surface area contributed by atoms with E-state index >= 15 is 0 Å². The minimum Gasteiger partial charge on any atom is -0.457 e. The molecule has 4 rings (SSSR count). The van der Waals surface area contributed by atoms with Crippen molar-refractivity contribution in [1.82, 2.24) is 10.0 Å². The number of ether oxygens (including phenoxy) is 1. The van der Waals surface area contributed by atoms with Crippen LogP contribution >= 0.6 is 0 Å². The molecule has 2 aromatic rings. The predicted molar refractivity (Wildman–Crippen MR) is 123 cm³/mol. The van der Waals surface area contributed by atoms with Crippen molar-refractivity contribution in [3.05, 3.63) is 71.0 Å². The molecule has 0 radical (unpaired) electrons. The van der Waals surface area contributed by atoms with Crippen molar-refractivity contribution in [2.45, 2.75) is 56.4 Å². The summed E-state index contributed by atoms with van der Waals surface area (Å²) in [5.41, 5.74) is 1.21. The molecule has 2 aliphatic rings. The Hall–Kier alpha value is -2.45. The molecule has 2 saturated heterocycles. The summed E-state index contributed by atoms with van der Waals surface area (Å²) in [6, 6.07) is 13.4. The number of nitrogens with zero attached hydrogens (tertiary/aromatic N) is 1. The van der Waals surface area contributed by atoms with E-state index in [1.54, 1.807) is 39.0 Å². The molecular formula is C24H30FN3O3S. The molecule has 2 fully saturated rings. The zero-order valence-corrected chi connectivity index (χ0v) is 19.5.